The molecule has 5 N–H and O–H groups in total. The van der Waals surface area contributed by atoms with Crippen LogP contribution in [-0.2, 0) is 0 Å². The van der Waals surface area contributed by atoms with E-state index in [0.717, 1.165) is 32.1 Å². The zero-order valence-electron chi connectivity index (χ0n) is 26.1. The molecule has 12 nitrogen and oxygen atoms in total. The number of benzene rings is 2. The number of halogens is 4. The predicted molar refractivity (Wildman–Crippen MR) is 165 cm³/mol. The molecule has 0 radical (unpaired) electrons. The van der Waals surface area contributed by atoms with Crippen LogP contribution in [0.15, 0.2) is 45.2 Å². The van der Waals surface area contributed by atoms with E-state index in [2.05, 4.69) is 30.1 Å². The first-order valence-electron chi connectivity index (χ1n) is 15.2. The van der Waals surface area contributed by atoms with E-state index in [-0.39, 0.29) is 41.7 Å². The molecule has 0 unspecified atom stereocenters. The Balaban J connectivity index is 0.000000193. The van der Waals surface area contributed by atoms with Crippen molar-refractivity contribution in [3.8, 4) is 11.5 Å². The summed E-state index contributed by atoms with van der Waals surface area (Å²) in [6.45, 7) is -0.128. The van der Waals surface area contributed by atoms with Gasteiger partial charge in [0, 0.05) is 41.8 Å². The Hall–Kier alpha value is -4.47. The molecule has 6 rings (SSSR count). The highest BCUT2D eigenvalue weighted by molar-refractivity contribution is 5.77. The largest absolute Gasteiger partial charge is 0.465 e. The van der Waals surface area contributed by atoms with Gasteiger partial charge in [0.15, 0.2) is 11.2 Å². The zero-order valence-corrected chi connectivity index (χ0v) is 26.1. The standard InChI is InChI=1S/C18H23F2N3O4.C13H15F2N3O2/c1-18(2,3)23(17(24)25)11-5-4-10(8-11)21-16-22-13-7-6-12(26-15(19)20)9-14(13)27-16;14-12(15)19-9-3-4-10-11(6-9)20-13(18-10)17-8-2-1-7(16)5-8/h6-7,9-11,15H,4-5,8H2,1-3H3,(H,21,22)(H,24,25);3-4,6-8,12H,1-2,5,16H2,(H,17,18)/t10-,11-;7-,8-/m00/s1. The highest BCUT2D eigenvalue weighted by Gasteiger charge is 2.38. The molecule has 16 heteroatoms. The molecule has 2 aromatic carbocycles. The number of alkyl halides is 4. The van der Waals surface area contributed by atoms with Gasteiger partial charge in [-0.1, -0.05) is 0 Å². The second kappa shape index (κ2) is 14.1. The first-order valence-corrected chi connectivity index (χ1v) is 15.2. The van der Waals surface area contributed by atoms with Gasteiger partial charge in [0.1, 0.15) is 22.5 Å². The number of nitrogens with two attached hydrogens (primary N) is 1. The third-order valence-electron chi connectivity index (χ3n) is 8.00. The highest BCUT2D eigenvalue weighted by Crippen LogP contribution is 2.33. The van der Waals surface area contributed by atoms with Gasteiger partial charge in [-0.25, -0.2) is 4.79 Å². The van der Waals surface area contributed by atoms with Crippen LogP contribution >= 0.6 is 0 Å². The number of hydrogen-bond acceptors (Lipinski definition) is 10. The van der Waals surface area contributed by atoms with Crippen LogP contribution in [0, 0.1) is 0 Å². The molecule has 47 heavy (non-hydrogen) atoms. The number of ether oxygens (including phenoxy) is 2. The van der Waals surface area contributed by atoms with E-state index in [0.29, 0.717) is 34.6 Å². The maximum atomic E-state index is 12.3. The van der Waals surface area contributed by atoms with Crippen LogP contribution in [0.25, 0.3) is 22.2 Å². The van der Waals surface area contributed by atoms with E-state index < -0.39 is 24.9 Å². The van der Waals surface area contributed by atoms with Gasteiger partial charge in [0.2, 0.25) is 0 Å². The third-order valence-corrected chi connectivity index (χ3v) is 8.00. The van der Waals surface area contributed by atoms with Crippen molar-refractivity contribution in [3.63, 3.8) is 0 Å². The number of nitrogens with one attached hydrogen (secondary N) is 2. The van der Waals surface area contributed by atoms with Crippen LogP contribution in [0.1, 0.15) is 59.3 Å². The lowest BCUT2D eigenvalue weighted by Gasteiger charge is -2.38. The summed E-state index contributed by atoms with van der Waals surface area (Å²) >= 11 is 0. The van der Waals surface area contributed by atoms with Gasteiger partial charge in [0.05, 0.1) is 0 Å². The van der Waals surface area contributed by atoms with E-state index in [1.165, 1.54) is 29.2 Å². The van der Waals surface area contributed by atoms with Crippen molar-refractivity contribution < 1.29 is 45.8 Å². The van der Waals surface area contributed by atoms with Gasteiger partial charge in [-0.2, -0.15) is 27.5 Å². The molecule has 2 aliphatic carbocycles. The van der Waals surface area contributed by atoms with Crippen molar-refractivity contribution in [2.75, 3.05) is 10.6 Å². The molecule has 2 saturated carbocycles. The number of anilines is 2. The van der Waals surface area contributed by atoms with Crippen LogP contribution < -0.4 is 25.8 Å². The Morgan fingerprint density at radius 3 is 1.79 bits per heavy atom. The topological polar surface area (TPSA) is 161 Å². The summed E-state index contributed by atoms with van der Waals surface area (Å²) in [4.78, 5) is 21.7. The van der Waals surface area contributed by atoms with E-state index in [9.17, 15) is 27.5 Å². The Kier molecular flexibility index (Phi) is 10.2. The molecule has 1 amide bonds. The number of aromatic nitrogens is 2. The molecular formula is C31H38F4N6O6. The van der Waals surface area contributed by atoms with Crippen molar-refractivity contribution in [2.24, 2.45) is 5.73 Å². The van der Waals surface area contributed by atoms with E-state index in [1.807, 2.05) is 20.8 Å². The molecule has 4 aromatic rings. The number of nitrogens with zero attached hydrogens (tertiary/aromatic N) is 3. The van der Waals surface area contributed by atoms with Crippen LogP contribution in [-0.4, -0.2) is 69.0 Å². The normalized spacial score (nSPS) is 21.2. The van der Waals surface area contributed by atoms with Gasteiger partial charge in [-0.05, 0) is 83.6 Å². The molecule has 0 spiro atoms. The average Bonchev–Trinajstić information content (AvgIpc) is 3.75. The minimum absolute atomic E-state index is 0.00316. The summed E-state index contributed by atoms with van der Waals surface area (Å²) in [6, 6.07) is 9.79. The lowest BCUT2D eigenvalue weighted by Crippen LogP contribution is -2.50. The summed E-state index contributed by atoms with van der Waals surface area (Å²) in [5.41, 5.74) is 7.23. The lowest BCUT2D eigenvalue weighted by molar-refractivity contribution is -0.0504. The average molecular weight is 667 g/mol. The Morgan fingerprint density at radius 1 is 0.872 bits per heavy atom. The summed E-state index contributed by atoms with van der Waals surface area (Å²) in [6.07, 6.45) is 4.06. The molecule has 2 heterocycles. The van der Waals surface area contributed by atoms with Crippen molar-refractivity contribution in [1.29, 1.82) is 0 Å². The smallest absolute Gasteiger partial charge is 0.407 e. The van der Waals surface area contributed by atoms with Crippen molar-refractivity contribution in [1.82, 2.24) is 14.9 Å². The maximum Gasteiger partial charge on any atom is 0.407 e. The van der Waals surface area contributed by atoms with Crippen LogP contribution in [0.5, 0.6) is 11.5 Å². The van der Waals surface area contributed by atoms with E-state index in [1.54, 1.807) is 12.1 Å². The number of fused-ring (bicyclic) bond motifs is 2. The van der Waals surface area contributed by atoms with E-state index in [4.69, 9.17) is 14.6 Å². The maximum absolute atomic E-state index is 12.3. The van der Waals surface area contributed by atoms with Crippen LogP contribution in [0.3, 0.4) is 0 Å². The Bertz CT molecular complexity index is 1660. The molecule has 2 fully saturated rings. The van der Waals surface area contributed by atoms with Crippen LogP contribution in [0.4, 0.5) is 34.4 Å². The van der Waals surface area contributed by atoms with Crippen molar-refractivity contribution >= 4 is 40.3 Å². The molecular weight excluding hydrogens is 628 g/mol. The number of amides is 1. The fraction of sp³-hybridized carbons (Fsp3) is 0.516. The van der Waals surface area contributed by atoms with Gasteiger partial charge in [-0.3, -0.25) is 0 Å². The minimum Gasteiger partial charge on any atom is -0.465 e. The lowest BCUT2D eigenvalue weighted by atomic mass is 10.0. The molecule has 0 aliphatic heterocycles. The molecule has 0 bridgehead atoms. The van der Waals surface area contributed by atoms with E-state index >= 15 is 0 Å². The minimum atomic E-state index is -2.90. The highest BCUT2D eigenvalue weighted by atomic mass is 19.3. The Labute approximate surface area is 267 Å². The predicted octanol–water partition coefficient (Wildman–Crippen LogP) is 7.26. The Morgan fingerprint density at radius 2 is 1.36 bits per heavy atom. The molecule has 2 aliphatic rings. The van der Waals surface area contributed by atoms with Crippen molar-refractivity contribution in [3.05, 3.63) is 36.4 Å². The van der Waals surface area contributed by atoms with Gasteiger partial charge in [0.25, 0.3) is 12.0 Å². The fourth-order valence-corrected chi connectivity index (χ4v) is 6.10. The fourth-order valence-electron chi connectivity index (χ4n) is 6.10. The summed E-state index contributed by atoms with van der Waals surface area (Å²) in [5, 5.41) is 15.9. The second-order valence-electron chi connectivity index (χ2n) is 12.6. The summed E-state index contributed by atoms with van der Waals surface area (Å²) in [5.74, 6) is 0.0569. The van der Waals surface area contributed by atoms with Gasteiger partial charge in [-0.15, -0.1) is 0 Å². The first kappa shape index (κ1) is 33.9. The monoisotopic (exact) mass is 666 g/mol. The summed E-state index contributed by atoms with van der Waals surface area (Å²) < 4.78 is 68.7. The summed E-state index contributed by atoms with van der Waals surface area (Å²) in [7, 11) is 0. The first-order chi connectivity index (χ1) is 22.2. The van der Waals surface area contributed by atoms with Crippen LogP contribution in [0.2, 0.25) is 0 Å². The van der Waals surface area contributed by atoms with Gasteiger partial charge < -0.3 is 44.7 Å². The number of carbonyl (C=O) groups is 1. The SMILES string of the molecule is CC(C)(C)N(C(=O)O)[C@H]1CC[C@H](Nc2nc3ccc(OC(F)F)cc3o2)C1.N[C@H]1CC[C@H](Nc2nc3ccc(OC(F)F)cc3o2)C1. The molecule has 2 aromatic heterocycles. The zero-order chi connectivity index (χ0) is 33.9. The van der Waals surface area contributed by atoms with Gasteiger partial charge >= 0.3 is 19.3 Å². The quantitative estimate of drug-likeness (QED) is 0.133. The third kappa shape index (κ3) is 8.87. The molecule has 0 saturated heterocycles. The molecule has 4 atom stereocenters. The molecule has 256 valence electrons. The van der Waals surface area contributed by atoms with Crippen molar-refractivity contribution in [2.45, 2.75) is 102 Å². The second-order valence-corrected chi connectivity index (χ2v) is 12.6. The number of hydrogen-bond donors (Lipinski definition) is 4. The number of rotatable bonds is 9. The number of carboxylic acid groups (broad SMARTS) is 1. The number of oxazole rings is 2.